The standard InChI is InChI=1S/C19H17ClN2OS/c1-13-21-16(9-24-13)6-7-19-10-18(19,2)11-22(12-19)17(23)14-4-3-5-15(20)8-14/h3-5,8-9H,10-12H2,1-2H3. The van der Waals surface area contributed by atoms with Gasteiger partial charge in [-0.1, -0.05) is 30.5 Å². The molecule has 0 N–H and O–H groups in total. The van der Waals surface area contributed by atoms with Crippen LogP contribution in [0.15, 0.2) is 29.6 Å². The highest BCUT2D eigenvalue weighted by Crippen LogP contribution is 2.67. The van der Waals surface area contributed by atoms with Crippen LogP contribution in [0, 0.1) is 29.6 Å². The summed E-state index contributed by atoms with van der Waals surface area (Å²) in [5.41, 5.74) is 1.49. The van der Waals surface area contributed by atoms with Gasteiger partial charge in [0.05, 0.1) is 10.4 Å². The van der Waals surface area contributed by atoms with E-state index in [2.05, 4.69) is 23.7 Å². The normalized spacial score (nSPS) is 27.4. The number of halogens is 1. The molecular weight excluding hydrogens is 340 g/mol. The van der Waals surface area contributed by atoms with Crippen LogP contribution in [0.5, 0.6) is 0 Å². The van der Waals surface area contributed by atoms with Crippen molar-refractivity contribution in [3.05, 3.63) is 50.9 Å². The van der Waals surface area contributed by atoms with Crippen molar-refractivity contribution in [3.63, 3.8) is 0 Å². The van der Waals surface area contributed by atoms with Gasteiger partial charge in [0, 0.05) is 34.5 Å². The van der Waals surface area contributed by atoms with Gasteiger partial charge in [-0.15, -0.1) is 11.3 Å². The highest BCUT2D eigenvalue weighted by atomic mass is 35.5. The number of aromatic nitrogens is 1. The predicted octanol–water partition coefficient (Wildman–Crippen LogP) is 4.01. The van der Waals surface area contributed by atoms with Gasteiger partial charge in [-0.25, -0.2) is 4.98 Å². The number of rotatable bonds is 1. The number of hydrogen-bond donors (Lipinski definition) is 0. The Morgan fingerprint density at radius 1 is 1.42 bits per heavy atom. The highest BCUT2D eigenvalue weighted by Gasteiger charge is 2.69. The molecule has 2 fully saturated rings. The second-order valence-corrected chi connectivity index (χ2v) is 8.49. The molecule has 0 bridgehead atoms. The van der Waals surface area contributed by atoms with Crippen LogP contribution in [-0.4, -0.2) is 28.9 Å². The first-order chi connectivity index (χ1) is 11.4. The monoisotopic (exact) mass is 356 g/mol. The summed E-state index contributed by atoms with van der Waals surface area (Å²) in [6.45, 7) is 5.64. The lowest BCUT2D eigenvalue weighted by molar-refractivity contribution is 0.0763. The summed E-state index contributed by atoms with van der Waals surface area (Å²) in [5.74, 6) is 6.68. The van der Waals surface area contributed by atoms with E-state index < -0.39 is 0 Å². The zero-order valence-electron chi connectivity index (χ0n) is 13.6. The molecule has 2 aromatic rings. The third-order valence-corrected chi connectivity index (χ3v) is 6.14. The molecule has 5 heteroatoms. The molecule has 24 heavy (non-hydrogen) atoms. The maximum atomic E-state index is 12.7. The molecule has 1 saturated carbocycles. The highest BCUT2D eigenvalue weighted by molar-refractivity contribution is 7.09. The molecule has 1 aromatic carbocycles. The number of carbonyl (C=O) groups is 1. The number of thiazole rings is 1. The van der Waals surface area contributed by atoms with Crippen molar-refractivity contribution in [2.45, 2.75) is 20.3 Å². The Hall–Kier alpha value is -1.83. The van der Waals surface area contributed by atoms with E-state index in [1.165, 1.54) is 0 Å². The maximum Gasteiger partial charge on any atom is 0.253 e. The summed E-state index contributed by atoms with van der Waals surface area (Å²) >= 11 is 7.62. The molecule has 3 nitrogen and oxygen atoms in total. The molecule has 2 aliphatic rings. The van der Waals surface area contributed by atoms with E-state index in [-0.39, 0.29) is 16.7 Å². The van der Waals surface area contributed by atoms with Gasteiger partial charge < -0.3 is 4.90 Å². The zero-order valence-corrected chi connectivity index (χ0v) is 15.2. The summed E-state index contributed by atoms with van der Waals surface area (Å²) in [4.78, 5) is 19.1. The average Bonchev–Trinajstić information content (AvgIpc) is 2.84. The summed E-state index contributed by atoms with van der Waals surface area (Å²) in [6.07, 6.45) is 1.05. The summed E-state index contributed by atoms with van der Waals surface area (Å²) in [6, 6.07) is 7.14. The van der Waals surface area contributed by atoms with E-state index in [0.717, 1.165) is 23.7 Å². The van der Waals surface area contributed by atoms with Crippen LogP contribution in [0.2, 0.25) is 5.02 Å². The number of carbonyl (C=O) groups excluding carboxylic acids is 1. The van der Waals surface area contributed by atoms with Crippen LogP contribution in [0.4, 0.5) is 0 Å². The third-order valence-electron chi connectivity index (χ3n) is 5.13. The van der Waals surface area contributed by atoms with Crippen molar-refractivity contribution < 1.29 is 4.79 Å². The Balaban J connectivity index is 1.55. The van der Waals surface area contributed by atoms with Crippen LogP contribution in [0.3, 0.4) is 0 Å². The van der Waals surface area contributed by atoms with Crippen molar-refractivity contribution >= 4 is 28.8 Å². The minimum atomic E-state index is -0.0846. The summed E-state index contributed by atoms with van der Waals surface area (Å²) in [7, 11) is 0. The van der Waals surface area contributed by atoms with E-state index >= 15 is 0 Å². The fraction of sp³-hybridized carbons (Fsp3) is 0.368. The minimum Gasteiger partial charge on any atom is -0.336 e. The topological polar surface area (TPSA) is 33.2 Å². The molecule has 1 saturated heterocycles. The molecule has 4 rings (SSSR count). The van der Waals surface area contributed by atoms with Gasteiger partial charge in [0.1, 0.15) is 5.69 Å². The fourth-order valence-corrected chi connectivity index (χ4v) is 4.40. The van der Waals surface area contributed by atoms with Gasteiger partial charge in [-0.2, -0.15) is 0 Å². The van der Waals surface area contributed by atoms with Crippen LogP contribution in [0.25, 0.3) is 0 Å². The van der Waals surface area contributed by atoms with Gasteiger partial charge in [-0.05, 0) is 37.5 Å². The lowest BCUT2D eigenvalue weighted by Crippen LogP contribution is -2.32. The third kappa shape index (κ3) is 2.53. The van der Waals surface area contributed by atoms with Crippen LogP contribution in [0.1, 0.15) is 34.4 Å². The quantitative estimate of drug-likeness (QED) is 0.723. The zero-order chi connectivity index (χ0) is 16.9. The van der Waals surface area contributed by atoms with Crippen LogP contribution >= 0.6 is 22.9 Å². The smallest absolute Gasteiger partial charge is 0.253 e. The first kappa shape index (κ1) is 15.7. The Bertz CT molecular complexity index is 896. The molecule has 122 valence electrons. The summed E-state index contributed by atoms with van der Waals surface area (Å²) in [5, 5.41) is 3.60. The maximum absolute atomic E-state index is 12.7. The Labute approximate surface area is 150 Å². The predicted molar refractivity (Wildman–Crippen MR) is 96.2 cm³/mol. The van der Waals surface area contributed by atoms with Gasteiger partial charge >= 0.3 is 0 Å². The van der Waals surface area contributed by atoms with Gasteiger partial charge in [0.25, 0.3) is 5.91 Å². The van der Waals surface area contributed by atoms with Crippen LogP contribution < -0.4 is 0 Å². The fourth-order valence-electron chi connectivity index (χ4n) is 3.67. The molecule has 1 aliphatic heterocycles. The van der Waals surface area contributed by atoms with Gasteiger partial charge in [0.2, 0.25) is 0 Å². The van der Waals surface area contributed by atoms with Crippen molar-refractivity contribution in [3.8, 4) is 11.8 Å². The Kier molecular flexibility index (Phi) is 3.49. The molecule has 2 atom stereocenters. The first-order valence-corrected chi connectivity index (χ1v) is 9.17. The van der Waals surface area contributed by atoms with Crippen molar-refractivity contribution in [2.75, 3.05) is 13.1 Å². The van der Waals surface area contributed by atoms with Gasteiger partial charge in [0.15, 0.2) is 0 Å². The SMILES string of the molecule is Cc1nc(C#CC23CN(C(=O)c4cccc(Cl)c4)CC2(C)C3)cs1. The first-order valence-electron chi connectivity index (χ1n) is 7.91. The second-order valence-electron chi connectivity index (χ2n) is 6.99. The minimum absolute atomic E-state index is 0.0385. The molecule has 0 spiro atoms. The Morgan fingerprint density at radius 2 is 2.25 bits per heavy atom. The van der Waals surface area contributed by atoms with Crippen molar-refractivity contribution in [1.29, 1.82) is 0 Å². The number of amides is 1. The van der Waals surface area contributed by atoms with E-state index in [1.807, 2.05) is 29.3 Å². The number of aryl methyl sites for hydroxylation is 1. The number of hydrogen-bond acceptors (Lipinski definition) is 3. The number of nitrogens with zero attached hydrogens (tertiary/aromatic N) is 2. The molecule has 2 unspecified atom stereocenters. The van der Waals surface area contributed by atoms with E-state index in [0.29, 0.717) is 17.1 Å². The number of fused-ring (bicyclic) bond motifs is 1. The molecule has 0 radical (unpaired) electrons. The molecule has 1 amide bonds. The Morgan fingerprint density at radius 3 is 2.96 bits per heavy atom. The van der Waals surface area contributed by atoms with Gasteiger partial charge in [-0.3, -0.25) is 4.79 Å². The number of benzene rings is 1. The molecule has 2 heterocycles. The second kappa shape index (κ2) is 5.34. The van der Waals surface area contributed by atoms with Crippen LogP contribution in [-0.2, 0) is 0 Å². The van der Waals surface area contributed by atoms with E-state index in [4.69, 9.17) is 11.6 Å². The van der Waals surface area contributed by atoms with Crippen molar-refractivity contribution in [1.82, 2.24) is 9.88 Å². The van der Waals surface area contributed by atoms with Crippen molar-refractivity contribution in [2.24, 2.45) is 10.8 Å². The molecule has 1 aliphatic carbocycles. The van der Waals surface area contributed by atoms with E-state index in [9.17, 15) is 4.79 Å². The lowest BCUT2D eigenvalue weighted by atomic mass is 9.99. The summed E-state index contributed by atoms with van der Waals surface area (Å²) < 4.78 is 0. The number of piperidine rings is 1. The van der Waals surface area contributed by atoms with E-state index in [1.54, 1.807) is 23.5 Å². The lowest BCUT2D eigenvalue weighted by Gasteiger charge is -2.20. The molecular formula is C19H17ClN2OS. The molecule has 1 aromatic heterocycles. The largest absolute Gasteiger partial charge is 0.336 e. The number of likely N-dealkylation sites (tertiary alicyclic amines) is 1. The average molecular weight is 357 g/mol.